The minimum Gasteiger partial charge on any atom is -0.339 e. The molecule has 0 spiro atoms. The highest BCUT2D eigenvalue weighted by atomic mass is 15.0. The first-order chi connectivity index (χ1) is 10.3. The zero-order valence-corrected chi connectivity index (χ0v) is 12.3. The maximum atomic E-state index is 6.53. The van der Waals surface area contributed by atoms with E-state index in [1.165, 1.54) is 47.5 Å². The fraction of sp³-hybridized carbons (Fsp3) is 0.368. The molecule has 2 aromatic carbocycles. The van der Waals surface area contributed by atoms with E-state index >= 15 is 0 Å². The molecule has 0 bridgehead atoms. The van der Waals surface area contributed by atoms with Crippen molar-refractivity contribution in [1.82, 2.24) is 4.57 Å². The Morgan fingerprint density at radius 2 is 1.43 bits per heavy atom. The summed E-state index contributed by atoms with van der Waals surface area (Å²) in [6.07, 6.45) is 5.31. The summed E-state index contributed by atoms with van der Waals surface area (Å²) in [5.74, 6) is 0.699. The number of para-hydroxylation sites is 2. The summed E-state index contributed by atoms with van der Waals surface area (Å²) in [6.45, 7) is 0.929. The van der Waals surface area contributed by atoms with E-state index in [1.54, 1.807) is 0 Å². The van der Waals surface area contributed by atoms with Crippen LogP contribution in [0.3, 0.4) is 0 Å². The summed E-state index contributed by atoms with van der Waals surface area (Å²) in [6, 6.07) is 17.6. The maximum absolute atomic E-state index is 6.53. The van der Waals surface area contributed by atoms with E-state index in [2.05, 4.69) is 53.1 Å². The van der Waals surface area contributed by atoms with Crippen LogP contribution in [0, 0.1) is 5.92 Å². The number of rotatable bonds is 3. The number of fused-ring (bicyclic) bond motifs is 3. The number of hydrogen-bond acceptors (Lipinski definition) is 1. The molecular weight excluding hydrogens is 256 g/mol. The van der Waals surface area contributed by atoms with E-state index in [0.717, 1.165) is 6.54 Å². The van der Waals surface area contributed by atoms with Crippen molar-refractivity contribution in [2.24, 2.45) is 11.7 Å². The average Bonchev–Trinajstić information content (AvgIpc) is 3.15. The molecule has 1 unspecified atom stereocenters. The second-order valence-corrected chi connectivity index (χ2v) is 6.35. The number of hydrogen-bond donors (Lipinski definition) is 1. The van der Waals surface area contributed by atoms with Crippen LogP contribution in [0.15, 0.2) is 48.5 Å². The predicted molar refractivity (Wildman–Crippen MR) is 89.4 cm³/mol. The third-order valence-corrected chi connectivity index (χ3v) is 5.08. The average molecular weight is 278 g/mol. The standard InChI is InChI=1S/C19H22N2/c20-17(14-7-1-2-8-14)13-21-18-11-5-3-9-15(18)16-10-4-6-12-19(16)21/h3-6,9-12,14,17H,1-2,7-8,13,20H2. The van der Waals surface area contributed by atoms with Crippen LogP contribution < -0.4 is 5.73 Å². The van der Waals surface area contributed by atoms with Crippen LogP contribution in [0.5, 0.6) is 0 Å². The van der Waals surface area contributed by atoms with Crippen molar-refractivity contribution in [3.63, 3.8) is 0 Å². The minimum atomic E-state index is 0.270. The van der Waals surface area contributed by atoms with E-state index in [9.17, 15) is 0 Å². The molecule has 1 atom stereocenters. The van der Waals surface area contributed by atoms with E-state index in [-0.39, 0.29) is 6.04 Å². The summed E-state index contributed by atoms with van der Waals surface area (Å²) in [7, 11) is 0. The lowest BCUT2D eigenvalue weighted by Gasteiger charge is -2.20. The summed E-state index contributed by atoms with van der Waals surface area (Å²) in [5.41, 5.74) is 9.16. The molecule has 1 fully saturated rings. The molecule has 2 nitrogen and oxygen atoms in total. The summed E-state index contributed by atoms with van der Waals surface area (Å²) < 4.78 is 2.42. The number of nitrogens with zero attached hydrogens (tertiary/aromatic N) is 1. The van der Waals surface area contributed by atoms with Crippen molar-refractivity contribution < 1.29 is 0 Å². The Balaban J connectivity index is 1.81. The molecule has 0 amide bonds. The fourth-order valence-electron chi connectivity index (χ4n) is 3.95. The van der Waals surface area contributed by atoms with Crippen molar-refractivity contribution in [3.05, 3.63) is 48.5 Å². The van der Waals surface area contributed by atoms with Crippen LogP contribution in [-0.4, -0.2) is 10.6 Å². The van der Waals surface area contributed by atoms with Gasteiger partial charge in [0.25, 0.3) is 0 Å². The highest BCUT2D eigenvalue weighted by molar-refractivity contribution is 6.07. The smallest absolute Gasteiger partial charge is 0.0491 e. The third-order valence-electron chi connectivity index (χ3n) is 5.08. The van der Waals surface area contributed by atoms with Crippen molar-refractivity contribution >= 4 is 21.8 Å². The molecule has 108 valence electrons. The highest BCUT2D eigenvalue weighted by Gasteiger charge is 2.23. The fourth-order valence-corrected chi connectivity index (χ4v) is 3.95. The zero-order valence-electron chi connectivity index (χ0n) is 12.3. The van der Waals surface area contributed by atoms with Gasteiger partial charge in [-0.3, -0.25) is 0 Å². The van der Waals surface area contributed by atoms with Gasteiger partial charge in [-0.15, -0.1) is 0 Å². The van der Waals surface area contributed by atoms with Crippen LogP contribution >= 0.6 is 0 Å². The van der Waals surface area contributed by atoms with Gasteiger partial charge in [-0.1, -0.05) is 49.2 Å². The number of nitrogens with two attached hydrogens (primary N) is 1. The second kappa shape index (κ2) is 5.19. The normalized spacial score (nSPS) is 17.8. The monoisotopic (exact) mass is 278 g/mol. The van der Waals surface area contributed by atoms with Gasteiger partial charge in [-0.25, -0.2) is 0 Å². The molecule has 0 saturated heterocycles. The first-order valence-electron chi connectivity index (χ1n) is 8.06. The molecule has 0 radical (unpaired) electrons. The highest BCUT2D eigenvalue weighted by Crippen LogP contribution is 2.31. The van der Waals surface area contributed by atoms with Crippen LogP contribution in [0.25, 0.3) is 21.8 Å². The molecule has 21 heavy (non-hydrogen) atoms. The molecule has 4 rings (SSSR count). The molecule has 1 saturated carbocycles. The summed E-state index contributed by atoms with van der Waals surface area (Å²) in [4.78, 5) is 0. The summed E-state index contributed by atoms with van der Waals surface area (Å²) in [5, 5.41) is 2.68. The lowest BCUT2D eigenvalue weighted by atomic mass is 9.99. The van der Waals surface area contributed by atoms with Crippen LogP contribution in [-0.2, 0) is 6.54 Å². The van der Waals surface area contributed by atoms with E-state index < -0.39 is 0 Å². The molecule has 1 heterocycles. The van der Waals surface area contributed by atoms with Crippen LogP contribution in [0.4, 0.5) is 0 Å². The van der Waals surface area contributed by atoms with Gasteiger partial charge < -0.3 is 10.3 Å². The molecule has 3 aromatic rings. The minimum absolute atomic E-state index is 0.270. The predicted octanol–water partition coefficient (Wildman–Crippen LogP) is 4.31. The maximum Gasteiger partial charge on any atom is 0.0491 e. The van der Waals surface area contributed by atoms with E-state index in [0.29, 0.717) is 5.92 Å². The lowest BCUT2D eigenvalue weighted by Crippen LogP contribution is -2.33. The van der Waals surface area contributed by atoms with E-state index in [1.807, 2.05) is 0 Å². The van der Waals surface area contributed by atoms with E-state index in [4.69, 9.17) is 5.73 Å². The SMILES string of the molecule is NC(Cn1c2ccccc2c2ccccc21)C1CCCC1. The molecule has 1 aliphatic carbocycles. The quantitative estimate of drug-likeness (QED) is 0.760. The van der Waals surface area contributed by atoms with Gasteiger partial charge in [-0.05, 0) is 30.9 Å². The van der Waals surface area contributed by atoms with Crippen molar-refractivity contribution in [2.45, 2.75) is 38.3 Å². The van der Waals surface area contributed by atoms with Gasteiger partial charge in [0.15, 0.2) is 0 Å². The van der Waals surface area contributed by atoms with Gasteiger partial charge in [0.05, 0.1) is 0 Å². The molecule has 0 aliphatic heterocycles. The number of benzene rings is 2. The number of aromatic nitrogens is 1. The first-order valence-corrected chi connectivity index (χ1v) is 8.06. The largest absolute Gasteiger partial charge is 0.339 e. The van der Waals surface area contributed by atoms with Crippen LogP contribution in [0.2, 0.25) is 0 Å². The molecule has 1 aromatic heterocycles. The zero-order chi connectivity index (χ0) is 14.2. The van der Waals surface area contributed by atoms with Crippen molar-refractivity contribution in [1.29, 1.82) is 0 Å². The Hall–Kier alpha value is -1.80. The third kappa shape index (κ3) is 2.14. The molecular formula is C19H22N2. The lowest BCUT2D eigenvalue weighted by molar-refractivity contribution is 0.395. The van der Waals surface area contributed by atoms with Gasteiger partial charge in [0.2, 0.25) is 0 Å². The Morgan fingerprint density at radius 3 is 2.00 bits per heavy atom. The Labute approximate surface area is 125 Å². The van der Waals surface area contributed by atoms with Gasteiger partial charge in [-0.2, -0.15) is 0 Å². The molecule has 2 N–H and O–H groups in total. The molecule has 1 aliphatic rings. The van der Waals surface area contributed by atoms with Gasteiger partial charge >= 0.3 is 0 Å². The first kappa shape index (κ1) is 12.9. The van der Waals surface area contributed by atoms with Crippen molar-refractivity contribution in [2.75, 3.05) is 0 Å². The Morgan fingerprint density at radius 1 is 0.905 bits per heavy atom. The van der Waals surface area contributed by atoms with Crippen molar-refractivity contribution in [3.8, 4) is 0 Å². The Bertz CT molecular complexity index is 712. The van der Waals surface area contributed by atoms with Gasteiger partial charge in [0, 0.05) is 34.4 Å². The van der Waals surface area contributed by atoms with Gasteiger partial charge in [0.1, 0.15) is 0 Å². The Kier molecular flexibility index (Phi) is 3.19. The summed E-state index contributed by atoms with van der Waals surface area (Å²) >= 11 is 0. The molecule has 2 heteroatoms. The second-order valence-electron chi connectivity index (χ2n) is 6.35. The van der Waals surface area contributed by atoms with Crippen LogP contribution in [0.1, 0.15) is 25.7 Å². The topological polar surface area (TPSA) is 30.9 Å².